The van der Waals surface area contributed by atoms with Crippen LogP contribution in [0.25, 0.3) is 0 Å². The minimum Gasteiger partial charge on any atom is -0.497 e. The number of anilines is 1. The molecule has 0 saturated carbocycles. The summed E-state index contributed by atoms with van der Waals surface area (Å²) in [5.74, 6) is -0.576. The average molecular weight is 429 g/mol. The first kappa shape index (κ1) is 21.4. The van der Waals surface area contributed by atoms with Crippen LogP contribution in [0.4, 0.5) is 5.69 Å². The summed E-state index contributed by atoms with van der Waals surface area (Å²) in [6.07, 6.45) is 0. The van der Waals surface area contributed by atoms with Crippen LogP contribution >= 0.6 is 11.3 Å². The van der Waals surface area contributed by atoms with Gasteiger partial charge in [0.2, 0.25) is 0 Å². The van der Waals surface area contributed by atoms with E-state index in [1.165, 1.54) is 14.2 Å². The molecule has 2 amide bonds. The zero-order valence-corrected chi connectivity index (χ0v) is 18.1. The molecule has 1 unspecified atom stereocenters. The molecule has 2 aromatic heterocycles. The third-order valence-corrected chi connectivity index (χ3v) is 5.50. The molecular formula is C21H24N4O4S. The standard InChI is InChI=1S/C21H24N4O4S/c1-13-10-14(2)25(24-13)17(19-6-5-9-30-19)12-22-20(26)21(27)23-16-11-15(28-3)7-8-18(16)29-4/h5-11,17H,12H2,1-4H3,(H,22,26)(H,23,27). The molecule has 9 heteroatoms. The van der Waals surface area contributed by atoms with Gasteiger partial charge in [-0.25, -0.2) is 0 Å². The number of rotatable bonds is 7. The van der Waals surface area contributed by atoms with Crippen LogP contribution in [0.2, 0.25) is 0 Å². The lowest BCUT2D eigenvalue weighted by atomic mass is 10.2. The van der Waals surface area contributed by atoms with Crippen molar-refractivity contribution in [1.29, 1.82) is 0 Å². The first-order chi connectivity index (χ1) is 14.4. The third kappa shape index (κ3) is 4.80. The Morgan fingerprint density at radius 2 is 1.93 bits per heavy atom. The van der Waals surface area contributed by atoms with E-state index in [1.54, 1.807) is 29.5 Å². The summed E-state index contributed by atoms with van der Waals surface area (Å²) in [7, 11) is 3.00. The van der Waals surface area contributed by atoms with Crippen LogP contribution in [0.5, 0.6) is 11.5 Å². The lowest BCUT2D eigenvalue weighted by Gasteiger charge is -2.19. The summed E-state index contributed by atoms with van der Waals surface area (Å²) in [4.78, 5) is 26.0. The molecular weight excluding hydrogens is 404 g/mol. The summed E-state index contributed by atoms with van der Waals surface area (Å²) in [6.45, 7) is 4.11. The number of nitrogens with zero attached hydrogens (tertiary/aromatic N) is 2. The highest BCUT2D eigenvalue weighted by Crippen LogP contribution is 2.29. The molecule has 30 heavy (non-hydrogen) atoms. The largest absolute Gasteiger partial charge is 0.497 e. The number of thiophene rings is 1. The van der Waals surface area contributed by atoms with Crippen molar-refractivity contribution in [3.05, 3.63) is 58.0 Å². The lowest BCUT2D eigenvalue weighted by molar-refractivity contribution is -0.136. The van der Waals surface area contributed by atoms with Crippen molar-refractivity contribution in [1.82, 2.24) is 15.1 Å². The molecule has 0 aliphatic carbocycles. The molecule has 0 bridgehead atoms. The smallest absolute Gasteiger partial charge is 0.313 e. The number of methoxy groups -OCH3 is 2. The van der Waals surface area contributed by atoms with Crippen molar-refractivity contribution in [2.24, 2.45) is 0 Å². The van der Waals surface area contributed by atoms with E-state index < -0.39 is 11.8 Å². The lowest BCUT2D eigenvalue weighted by Crippen LogP contribution is -2.39. The molecule has 0 spiro atoms. The quantitative estimate of drug-likeness (QED) is 0.565. The minimum absolute atomic E-state index is 0.207. The van der Waals surface area contributed by atoms with Crippen molar-refractivity contribution in [3.8, 4) is 11.5 Å². The maximum Gasteiger partial charge on any atom is 0.313 e. The highest BCUT2D eigenvalue weighted by molar-refractivity contribution is 7.10. The summed E-state index contributed by atoms with van der Waals surface area (Å²) in [5, 5.41) is 11.8. The highest BCUT2D eigenvalue weighted by atomic mass is 32.1. The molecule has 3 rings (SSSR count). The maximum absolute atomic E-state index is 12.5. The SMILES string of the molecule is COc1ccc(OC)c(NC(=O)C(=O)NCC(c2cccs2)n2nc(C)cc2C)c1. The van der Waals surface area contributed by atoms with Gasteiger partial charge in [-0.05, 0) is 43.5 Å². The Labute approximate surface area is 178 Å². The van der Waals surface area contributed by atoms with Crippen LogP contribution in [-0.2, 0) is 9.59 Å². The van der Waals surface area contributed by atoms with Gasteiger partial charge >= 0.3 is 11.8 Å². The topological polar surface area (TPSA) is 94.5 Å². The number of carbonyl (C=O) groups excluding carboxylic acids is 2. The number of nitrogens with one attached hydrogen (secondary N) is 2. The third-order valence-electron chi connectivity index (χ3n) is 4.53. The van der Waals surface area contributed by atoms with Gasteiger partial charge in [-0.1, -0.05) is 6.07 Å². The number of benzene rings is 1. The highest BCUT2D eigenvalue weighted by Gasteiger charge is 2.22. The Balaban J connectivity index is 1.71. The second-order valence-electron chi connectivity index (χ2n) is 6.63. The Bertz CT molecular complexity index is 1030. The molecule has 1 atom stereocenters. The zero-order valence-electron chi connectivity index (χ0n) is 17.3. The summed E-state index contributed by atoms with van der Waals surface area (Å²) >= 11 is 1.57. The number of hydrogen-bond donors (Lipinski definition) is 2. The van der Waals surface area contributed by atoms with E-state index in [4.69, 9.17) is 9.47 Å². The van der Waals surface area contributed by atoms with E-state index in [9.17, 15) is 9.59 Å². The maximum atomic E-state index is 12.5. The van der Waals surface area contributed by atoms with Crippen LogP contribution in [0.15, 0.2) is 41.8 Å². The predicted molar refractivity (Wildman–Crippen MR) is 115 cm³/mol. The average Bonchev–Trinajstić information content (AvgIpc) is 3.38. The van der Waals surface area contributed by atoms with Crippen molar-refractivity contribution in [2.45, 2.75) is 19.9 Å². The minimum atomic E-state index is -0.792. The van der Waals surface area contributed by atoms with Gasteiger partial charge in [-0.2, -0.15) is 5.10 Å². The molecule has 2 heterocycles. The van der Waals surface area contributed by atoms with Crippen LogP contribution in [0.1, 0.15) is 22.3 Å². The van der Waals surface area contributed by atoms with Gasteiger partial charge in [0.25, 0.3) is 0 Å². The van der Waals surface area contributed by atoms with Gasteiger partial charge < -0.3 is 20.1 Å². The van der Waals surface area contributed by atoms with Gasteiger partial charge in [-0.15, -0.1) is 11.3 Å². The zero-order chi connectivity index (χ0) is 21.7. The molecule has 2 N–H and O–H groups in total. The van der Waals surface area contributed by atoms with Crippen LogP contribution in [-0.4, -0.2) is 42.4 Å². The monoisotopic (exact) mass is 428 g/mol. The summed E-state index contributed by atoms with van der Waals surface area (Å²) in [6, 6.07) is 10.7. The Kier molecular flexibility index (Phi) is 6.73. The molecule has 0 aliphatic heterocycles. The molecule has 0 radical (unpaired) electrons. The molecule has 8 nitrogen and oxygen atoms in total. The van der Waals surface area contributed by atoms with Crippen LogP contribution in [0.3, 0.4) is 0 Å². The number of amides is 2. The number of aryl methyl sites for hydroxylation is 2. The predicted octanol–water partition coefficient (Wildman–Crippen LogP) is 2.92. The molecule has 158 valence electrons. The first-order valence-electron chi connectivity index (χ1n) is 9.30. The normalized spacial score (nSPS) is 11.6. The second-order valence-corrected chi connectivity index (χ2v) is 7.61. The van der Waals surface area contributed by atoms with Gasteiger partial charge in [0.05, 0.1) is 25.6 Å². The van der Waals surface area contributed by atoms with Crippen molar-refractivity contribution in [2.75, 3.05) is 26.1 Å². The Morgan fingerprint density at radius 3 is 2.53 bits per heavy atom. The van der Waals surface area contributed by atoms with Crippen molar-refractivity contribution >= 4 is 28.8 Å². The fourth-order valence-electron chi connectivity index (χ4n) is 3.11. The summed E-state index contributed by atoms with van der Waals surface area (Å²) in [5.41, 5.74) is 2.22. The van der Waals surface area contributed by atoms with E-state index >= 15 is 0 Å². The number of ether oxygens (including phenoxy) is 2. The molecule has 0 fully saturated rings. The van der Waals surface area contributed by atoms with Gasteiger partial charge in [0.1, 0.15) is 17.5 Å². The fraction of sp³-hybridized carbons (Fsp3) is 0.286. The van der Waals surface area contributed by atoms with Crippen molar-refractivity contribution in [3.63, 3.8) is 0 Å². The first-order valence-corrected chi connectivity index (χ1v) is 10.2. The van der Waals surface area contributed by atoms with Gasteiger partial charge in [0.15, 0.2) is 0 Å². The summed E-state index contributed by atoms with van der Waals surface area (Å²) < 4.78 is 12.3. The molecule has 3 aromatic rings. The molecule has 0 aliphatic rings. The molecule has 1 aromatic carbocycles. The van der Waals surface area contributed by atoms with E-state index in [-0.39, 0.29) is 12.6 Å². The van der Waals surface area contributed by atoms with E-state index in [0.29, 0.717) is 17.2 Å². The number of carbonyl (C=O) groups is 2. The second kappa shape index (κ2) is 9.45. The Morgan fingerprint density at radius 1 is 1.13 bits per heavy atom. The number of aromatic nitrogens is 2. The van der Waals surface area contributed by atoms with Gasteiger partial charge in [-0.3, -0.25) is 14.3 Å². The van der Waals surface area contributed by atoms with E-state index in [0.717, 1.165) is 16.3 Å². The van der Waals surface area contributed by atoms with E-state index in [2.05, 4.69) is 15.7 Å². The number of hydrogen-bond acceptors (Lipinski definition) is 6. The van der Waals surface area contributed by atoms with E-state index in [1.807, 2.05) is 42.1 Å². The van der Waals surface area contributed by atoms with Crippen LogP contribution < -0.4 is 20.1 Å². The van der Waals surface area contributed by atoms with Crippen LogP contribution in [0, 0.1) is 13.8 Å². The Hall–Kier alpha value is -3.33. The van der Waals surface area contributed by atoms with Gasteiger partial charge in [0, 0.05) is 23.2 Å². The molecule has 0 saturated heterocycles. The fourth-order valence-corrected chi connectivity index (χ4v) is 3.92. The van der Waals surface area contributed by atoms with Crippen molar-refractivity contribution < 1.29 is 19.1 Å².